The molecule has 0 spiro atoms. The van der Waals surface area contributed by atoms with Crippen molar-refractivity contribution < 1.29 is 8.78 Å². The lowest BCUT2D eigenvalue weighted by atomic mass is 10.0. The summed E-state index contributed by atoms with van der Waals surface area (Å²) < 4.78 is 27.6. The van der Waals surface area contributed by atoms with Gasteiger partial charge in [0.2, 0.25) is 0 Å². The van der Waals surface area contributed by atoms with Gasteiger partial charge in [-0.25, -0.2) is 14.2 Å². The van der Waals surface area contributed by atoms with Crippen molar-refractivity contribution in [2.75, 3.05) is 0 Å². The zero-order chi connectivity index (χ0) is 13.3. The first-order chi connectivity index (χ1) is 8.56. The Kier molecular flexibility index (Phi) is 4.50. The van der Waals surface area contributed by atoms with Crippen molar-refractivity contribution in [2.45, 2.75) is 6.04 Å². The summed E-state index contributed by atoms with van der Waals surface area (Å²) in [6.07, 6.45) is 0. The van der Waals surface area contributed by atoms with E-state index in [1.54, 1.807) is 0 Å². The topological polar surface area (TPSA) is 38.0 Å². The van der Waals surface area contributed by atoms with Crippen LogP contribution in [0, 0.1) is 11.6 Å². The van der Waals surface area contributed by atoms with Crippen LogP contribution in [0.15, 0.2) is 31.8 Å². The molecule has 0 aliphatic heterocycles. The molecule has 7 heteroatoms. The number of hydrogen-bond donors (Lipinski definition) is 2. The first kappa shape index (κ1) is 14.1. The van der Waals surface area contributed by atoms with Gasteiger partial charge in [0.25, 0.3) is 0 Å². The summed E-state index contributed by atoms with van der Waals surface area (Å²) in [7, 11) is 0. The number of hydrazine groups is 1. The van der Waals surface area contributed by atoms with Gasteiger partial charge in [0.15, 0.2) is 11.6 Å². The maximum atomic E-state index is 13.5. The van der Waals surface area contributed by atoms with Gasteiger partial charge in [0.1, 0.15) is 0 Å². The van der Waals surface area contributed by atoms with Gasteiger partial charge in [-0.3, -0.25) is 5.84 Å². The van der Waals surface area contributed by atoms with Crippen LogP contribution in [0.3, 0.4) is 0 Å². The largest absolute Gasteiger partial charge is 0.271 e. The average Bonchev–Trinajstić information content (AvgIpc) is 2.77. The average molecular weight is 398 g/mol. The Morgan fingerprint density at radius 1 is 1.17 bits per heavy atom. The first-order valence-electron chi connectivity index (χ1n) is 4.87. The highest BCUT2D eigenvalue weighted by atomic mass is 79.9. The molecule has 3 N–H and O–H groups in total. The van der Waals surface area contributed by atoms with Gasteiger partial charge < -0.3 is 0 Å². The molecule has 18 heavy (non-hydrogen) atoms. The smallest absolute Gasteiger partial charge is 0.173 e. The second-order valence-corrected chi connectivity index (χ2v) is 5.93. The highest BCUT2D eigenvalue weighted by Crippen LogP contribution is 2.35. The Hall–Kier alpha value is -0.340. The molecular formula is C11H8Br2F2N2S. The van der Waals surface area contributed by atoms with Gasteiger partial charge in [-0.1, -0.05) is 6.07 Å². The van der Waals surface area contributed by atoms with Crippen molar-refractivity contribution >= 4 is 43.2 Å². The lowest BCUT2D eigenvalue weighted by Crippen LogP contribution is -2.29. The molecule has 0 aliphatic rings. The molecule has 0 radical (unpaired) electrons. The van der Waals surface area contributed by atoms with E-state index >= 15 is 0 Å². The predicted octanol–water partition coefficient (Wildman–Crippen LogP) is 4.10. The predicted molar refractivity (Wildman–Crippen MR) is 75.2 cm³/mol. The monoisotopic (exact) mass is 396 g/mol. The molecule has 1 aromatic carbocycles. The van der Waals surface area contributed by atoms with Crippen LogP contribution in [0.1, 0.15) is 17.2 Å². The lowest BCUT2D eigenvalue weighted by molar-refractivity contribution is 0.498. The molecule has 0 saturated carbocycles. The maximum Gasteiger partial charge on any atom is 0.173 e. The Morgan fingerprint density at radius 3 is 2.44 bits per heavy atom. The van der Waals surface area contributed by atoms with E-state index in [-0.39, 0.29) is 4.47 Å². The zero-order valence-electron chi connectivity index (χ0n) is 8.88. The third kappa shape index (κ3) is 2.50. The summed E-state index contributed by atoms with van der Waals surface area (Å²) in [5.41, 5.74) is 4.01. The van der Waals surface area contributed by atoms with Crippen molar-refractivity contribution in [3.05, 3.63) is 54.6 Å². The second kappa shape index (κ2) is 5.75. The SMILES string of the molecule is NNC(c1cscc1Br)c1ccc(F)c(F)c1Br. The molecule has 1 unspecified atom stereocenters. The zero-order valence-corrected chi connectivity index (χ0v) is 12.9. The maximum absolute atomic E-state index is 13.5. The molecule has 2 aromatic rings. The third-order valence-electron chi connectivity index (χ3n) is 2.50. The normalized spacial score (nSPS) is 12.7. The van der Waals surface area contributed by atoms with Gasteiger partial charge in [-0.05, 0) is 54.4 Å². The van der Waals surface area contributed by atoms with E-state index in [1.807, 2.05) is 10.8 Å². The van der Waals surface area contributed by atoms with E-state index in [0.29, 0.717) is 5.56 Å². The van der Waals surface area contributed by atoms with Crippen LogP contribution < -0.4 is 11.3 Å². The number of halogens is 4. The van der Waals surface area contributed by atoms with E-state index in [1.165, 1.54) is 17.4 Å². The minimum absolute atomic E-state index is 0.0727. The van der Waals surface area contributed by atoms with Crippen LogP contribution in [0.25, 0.3) is 0 Å². The molecule has 96 valence electrons. The molecule has 0 fully saturated rings. The van der Waals surface area contributed by atoms with Crippen molar-refractivity contribution in [1.82, 2.24) is 5.43 Å². The minimum atomic E-state index is -0.917. The summed E-state index contributed by atoms with van der Waals surface area (Å²) in [5, 5.41) is 3.79. The summed E-state index contributed by atoms with van der Waals surface area (Å²) in [5.74, 6) is 3.70. The molecule has 1 heterocycles. The van der Waals surface area contributed by atoms with Crippen LogP contribution in [-0.4, -0.2) is 0 Å². The van der Waals surface area contributed by atoms with E-state index < -0.39 is 17.7 Å². The Bertz CT molecular complexity index is 574. The van der Waals surface area contributed by atoms with Gasteiger partial charge in [-0.15, -0.1) is 0 Å². The number of nitrogens with two attached hydrogens (primary N) is 1. The fourth-order valence-corrected chi connectivity index (χ4v) is 3.71. The summed E-state index contributed by atoms with van der Waals surface area (Å²) in [6.45, 7) is 0. The summed E-state index contributed by atoms with van der Waals surface area (Å²) >= 11 is 7.95. The first-order valence-corrected chi connectivity index (χ1v) is 7.40. The molecule has 1 atom stereocenters. The van der Waals surface area contributed by atoms with Crippen molar-refractivity contribution in [3.63, 3.8) is 0 Å². The lowest BCUT2D eigenvalue weighted by Gasteiger charge is -2.18. The fraction of sp³-hybridized carbons (Fsp3) is 0.0909. The standard InChI is InChI=1S/C11H8Br2F2N2S/c12-7-4-18-3-6(7)11(17-16)5-1-2-8(14)10(15)9(5)13/h1-4,11,17H,16H2. The molecule has 0 aliphatic carbocycles. The molecule has 0 saturated heterocycles. The third-order valence-corrected chi connectivity index (χ3v) is 5.05. The van der Waals surface area contributed by atoms with Crippen molar-refractivity contribution in [3.8, 4) is 0 Å². The highest BCUT2D eigenvalue weighted by Gasteiger charge is 2.21. The van der Waals surface area contributed by atoms with Gasteiger partial charge in [0.05, 0.1) is 10.5 Å². The minimum Gasteiger partial charge on any atom is -0.271 e. The summed E-state index contributed by atoms with van der Waals surface area (Å²) in [6, 6.07) is 2.16. The Balaban J connectivity index is 2.53. The van der Waals surface area contributed by atoms with Crippen LogP contribution in [0.4, 0.5) is 8.78 Å². The van der Waals surface area contributed by atoms with Crippen LogP contribution >= 0.6 is 43.2 Å². The van der Waals surface area contributed by atoms with Crippen LogP contribution in [0.2, 0.25) is 0 Å². The fourth-order valence-electron chi connectivity index (χ4n) is 1.61. The Labute approximate surface area is 123 Å². The number of rotatable bonds is 3. The van der Waals surface area contributed by atoms with E-state index in [0.717, 1.165) is 16.1 Å². The number of nitrogens with one attached hydrogen (secondary N) is 1. The van der Waals surface area contributed by atoms with Crippen LogP contribution in [-0.2, 0) is 0 Å². The molecule has 0 amide bonds. The molecule has 0 bridgehead atoms. The van der Waals surface area contributed by atoms with Crippen LogP contribution in [0.5, 0.6) is 0 Å². The van der Waals surface area contributed by atoms with Gasteiger partial charge in [0, 0.05) is 9.85 Å². The Morgan fingerprint density at radius 2 is 1.89 bits per heavy atom. The number of benzene rings is 1. The highest BCUT2D eigenvalue weighted by molar-refractivity contribution is 9.10. The molecule has 1 aromatic heterocycles. The van der Waals surface area contributed by atoms with E-state index in [4.69, 9.17) is 5.84 Å². The summed E-state index contributed by atoms with van der Waals surface area (Å²) in [4.78, 5) is 0. The second-order valence-electron chi connectivity index (χ2n) is 3.54. The number of hydrogen-bond acceptors (Lipinski definition) is 3. The molecule has 2 nitrogen and oxygen atoms in total. The van der Waals surface area contributed by atoms with Gasteiger partial charge >= 0.3 is 0 Å². The number of thiophene rings is 1. The van der Waals surface area contributed by atoms with Gasteiger partial charge in [-0.2, -0.15) is 11.3 Å². The van der Waals surface area contributed by atoms with E-state index in [2.05, 4.69) is 37.3 Å². The van der Waals surface area contributed by atoms with Crippen molar-refractivity contribution in [2.24, 2.45) is 5.84 Å². The molecule has 2 rings (SSSR count). The van der Waals surface area contributed by atoms with E-state index in [9.17, 15) is 8.78 Å². The quantitative estimate of drug-likeness (QED) is 0.464. The molecular weight excluding hydrogens is 390 g/mol. The van der Waals surface area contributed by atoms with Crippen molar-refractivity contribution in [1.29, 1.82) is 0 Å².